The number of hydrogen-bond acceptors (Lipinski definition) is 2. The van der Waals surface area contributed by atoms with E-state index in [0.29, 0.717) is 6.42 Å². The zero-order chi connectivity index (χ0) is 10.8. The Balaban J connectivity index is 2.26. The lowest BCUT2D eigenvalue weighted by Gasteiger charge is -2.01. The quantitative estimate of drug-likeness (QED) is 0.826. The van der Waals surface area contributed by atoms with Crippen LogP contribution >= 0.6 is 0 Å². The first kappa shape index (κ1) is 9.71. The van der Waals surface area contributed by atoms with E-state index >= 15 is 0 Å². The van der Waals surface area contributed by atoms with Gasteiger partial charge in [0.1, 0.15) is 5.65 Å². The van der Waals surface area contributed by atoms with Crippen LogP contribution in [-0.4, -0.2) is 20.5 Å². The molecule has 0 amide bonds. The van der Waals surface area contributed by atoms with Crippen molar-refractivity contribution in [3.05, 3.63) is 36.3 Å². The first-order valence-electron chi connectivity index (χ1n) is 4.82. The summed E-state index contributed by atoms with van der Waals surface area (Å²) in [4.78, 5) is 15.0. The summed E-state index contributed by atoms with van der Waals surface area (Å²) in [6.45, 7) is 1.69. The van der Waals surface area contributed by atoms with Gasteiger partial charge in [-0.05, 0) is 12.1 Å². The number of aliphatic carboxylic acids is 1. The van der Waals surface area contributed by atoms with Crippen LogP contribution in [0.3, 0.4) is 0 Å². The van der Waals surface area contributed by atoms with E-state index in [2.05, 4.69) is 4.98 Å². The van der Waals surface area contributed by atoms with Gasteiger partial charge in [0.15, 0.2) is 0 Å². The van der Waals surface area contributed by atoms with Crippen molar-refractivity contribution in [2.75, 3.05) is 0 Å². The van der Waals surface area contributed by atoms with E-state index in [1.165, 1.54) is 0 Å². The second-order valence-corrected chi connectivity index (χ2v) is 3.64. The number of pyridine rings is 1. The Morgan fingerprint density at radius 2 is 2.40 bits per heavy atom. The highest BCUT2D eigenvalue weighted by Gasteiger charge is 2.13. The van der Waals surface area contributed by atoms with Crippen LogP contribution in [0, 0.1) is 5.92 Å². The molecule has 2 aromatic rings. The van der Waals surface area contributed by atoms with Crippen molar-refractivity contribution in [1.29, 1.82) is 0 Å². The summed E-state index contributed by atoms with van der Waals surface area (Å²) in [5, 5.41) is 8.78. The Bertz CT molecular complexity index is 457. The van der Waals surface area contributed by atoms with Crippen LogP contribution in [0.25, 0.3) is 5.65 Å². The SMILES string of the molecule is CC(Cc1cn2ccccc2n1)C(=O)O. The maximum atomic E-state index is 10.7. The Morgan fingerprint density at radius 3 is 3.07 bits per heavy atom. The van der Waals surface area contributed by atoms with Gasteiger partial charge in [-0.1, -0.05) is 13.0 Å². The summed E-state index contributed by atoms with van der Waals surface area (Å²) in [5.41, 5.74) is 1.67. The van der Waals surface area contributed by atoms with E-state index in [1.807, 2.05) is 35.0 Å². The molecule has 0 bridgehead atoms. The Labute approximate surface area is 87.2 Å². The molecule has 0 aliphatic rings. The molecule has 0 radical (unpaired) electrons. The second kappa shape index (κ2) is 3.73. The van der Waals surface area contributed by atoms with Gasteiger partial charge in [-0.3, -0.25) is 4.79 Å². The molecule has 4 nitrogen and oxygen atoms in total. The van der Waals surface area contributed by atoms with Crippen LogP contribution in [-0.2, 0) is 11.2 Å². The number of aromatic nitrogens is 2. The molecule has 0 fully saturated rings. The van der Waals surface area contributed by atoms with Crippen molar-refractivity contribution >= 4 is 11.6 Å². The summed E-state index contributed by atoms with van der Waals surface area (Å²) in [7, 11) is 0. The number of hydrogen-bond donors (Lipinski definition) is 1. The molecule has 1 unspecified atom stereocenters. The van der Waals surface area contributed by atoms with Gasteiger partial charge in [0.2, 0.25) is 0 Å². The fourth-order valence-corrected chi connectivity index (χ4v) is 1.49. The topological polar surface area (TPSA) is 54.6 Å². The van der Waals surface area contributed by atoms with E-state index in [1.54, 1.807) is 6.92 Å². The van der Waals surface area contributed by atoms with Gasteiger partial charge in [0, 0.05) is 18.8 Å². The van der Waals surface area contributed by atoms with E-state index in [-0.39, 0.29) is 0 Å². The molecule has 78 valence electrons. The van der Waals surface area contributed by atoms with Gasteiger partial charge in [0.05, 0.1) is 11.6 Å². The summed E-state index contributed by atoms with van der Waals surface area (Å²) in [5.74, 6) is -1.18. The number of carboxylic acids is 1. The molecular formula is C11H12N2O2. The van der Waals surface area contributed by atoms with Crippen LogP contribution < -0.4 is 0 Å². The molecule has 1 N–H and O–H groups in total. The zero-order valence-corrected chi connectivity index (χ0v) is 8.42. The van der Waals surface area contributed by atoms with E-state index in [4.69, 9.17) is 5.11 Å². The molecule has 0 aromatic carbocycles. The molecular weight excluding hydrogens is 192 g/mol. The third-order valence-electron chi connectivity index (χ3n) is 2.35. The van der Waals surface area contributed by atoms with Gasteiger partial charge in [0.25, 0.3) is 0 Å². The minimum atomic E-state index is -0.785. The average molecular weight is 204 g/mol. The first-order chi connectivity index (χ1) is 7.16. The minimum Gasteiger partial charge on any atom is -0.481 e. The number of carbonyl (C=O) groups is 1. The molecule has 1 atom stereocenters. The Hall–Kier alpha value is -1.84. The van der Waals surface area contributed by atoms with E-state index in [0.717, 1.165) is 11.3 Å². The third-order valence-corrected chi connectivity index (χ3v) is 2.35. The molecule has 2 heterocycles. The van der Waals surface area contributed by atoms with Gasteiger partial charge < -0.3 is 9.51 Å². The second-order valence-electron chi connectivity index (χ2n) is 3.64. The van der Waals surface area contributed by atoms with Crippen molar-refractivity contribution < 1.29 is 9.90 Å². The molecule has 15 heavy (non-hydrogen) atoms. The number of carboxylic acid groups (broad SMARTS) is 1. The van der Waals surface area contributed by atoms with Crippen LogP contribution in [0.2, 0.25) is 0 Å². The lowest BCUT2D eigenvalue weighted by atomic mass is 10.1. The van der Waals surface area contributed by atoms with Crippen molar-refractivity contribution in [3.8, 4) is 0 Å². The third kappa shape index (κ3) is 1.98. The van der Waals surface area contributed by atoms with Crippen molar-refractivity contribution in [3.63, 3.8) is 0 Å². The molecule has 2 aromatic heterocycles. The minimum absolute atomic E-state index is 0.394. The highest BCUT2D eigenvalue weighted by molar-refractivity contribution is 5.69. The lowest BCUT2D eigenvalue weighted by molar-refractivity contribution is -0.141. The smallest absolute Gasteiger partial charge is 0.306 e. The predicted octanol–water partition coefficient (Wildman–Crippen LogP) is 1.60. The van der Waals surface area contributed by atoms with Crippen molar-refractivity contribution in [2.24, 2.45) is 5.92 Å². The summed E-state index contributed by atoms with van der Waals surface area (Å²) < 4.78 is 1.89. The number of nitrogens with zero attached hydrogens (tertiary/aromatic N) is 2. The fraction of sp³-hybridized carbons (Fsp3) is 0.273. The molecule has 0 saturated carbocycles. The number of fused-ring (bicyclic) bond motifs is 1. The highest BCUT2D eigenvalue weighted by Crippen LogP contribution is 2.09. The van der Waals surface area contributed by atoms with Gasteiger partial charge in [-0.25, -0.2) is 4.98 Å². The van der Waals surface area contributed by atoms with Gasteiger partial charge >= 0.3 is 5.97 Å². The summed E-state index contributed by atoms with van der Waals surface area (Å²) >= 11 is 0. The molecule has 0 saturated heterocycles. The normalized spacial score (nSPS) is 12.9. The van der Waals surface area contributed by atoms with Crippen molar-refractivity contribution in [1.82, 2.24) is 9.38 Å². The molecule has 0 spiro atoms. The van der Waals surface area contributed by atoms with E-state index in [9.17, 15) is 4.79 Å². The summed E-state index contributed by atoms with van der Waals surface area (Å²) in [6, 6.07) is 5.72. The van der Waals surface area contributed by atoms with Gasteiger partial charge in [-0.15, -0.1) is 0 Å². The van der Waals surface area contributed by atoms with E-state index < -0.39 is 11.9 Å². The van der Waals surface area contributed by atoms with Crippen LogP contribution in [0.5, 0.6) is 0 Å². The Morgan fingerprint density at radius 1 is 1.60 bits per heavy atom. The maximum absolute atomic E-state index is 10.7. The predicted molar refractivity (Wildman–Crippen MR) is 55.7 cm³/mol. The maximum Gasteiger partial charge on any atom is 0.306 e. The average Bonchev–Trinajstić information content (AvgIpc) is 2.59. The molecule has 0 aliphatic carbocycles. The van der Waals surface area contributed by atoms with Crippen molar-refractivity contribution in [2.45, 2.75) is 13.3 Å². The van der Waals surface area contributed by atoms with Crippen LogP contribution in [0.1, 0.15) is 12.6 Å². The number of rotatable bonds is 3. The fourth-order valence-electron chi connectivity index (χ4n) is 1.49. The standard InChI is InChI=1S/C11H12N2O2/c1-8(11(14)15)6-9-7-13-5-3-2-4-10(13)12-9/h2-5,7-8H,6H2,1H3,(H,14,15). The molecule has 4 heteroatoms. The lowest BCUT2D eigenvalue weighted by Crippen LogP contribution is -2.12. The molecule has 2 rings (SSSR count). The summed E-state index contributed by atoms with van der Waals surface area (Å²) in [6.07, 6.45) is 4.24. The molecule has 0 aliphatic heterocycles. The number of imidazole rings is 1. The Kier molecular flexibility index (Phi) is 2.41. The highest BCUT2D eigenvalue weighted by atomic mass is 16.4. The first-order valence-corrected chi connectivity index (χ1v) is 4.82. The largest absolute Gasteiger partial charge is 0.481 e. The van der Waals surface area contributed by atoms with Crippen LogP contribution in [0.15, 0.2) is 30.6 Å². The van der Waals surface area contributed by atoms with Gasteiger partial charge in [-0.2, -0.15) is 0 Å². The van der Waals surface area contributed by atoms with Crippen LogP contribution in [0.4, 0.5) is 0 Å². The monoisotopic (exact) mass is 204 g/mol. The zero-order valence-electron chi connectivity index (χ0n) is 8.42.